The van der Waals surface area contributed by atoms with Crippen molar-refractivity contribution < 1.29 is 14.2 Å². The van der Waals surface area contributed by atoms with E-state index in [4.69, 9.17) is 14.2 Å². The van der Waals surface area contributed by atoms with Crippen LogP contribution in [0.25, 0.3) is 0 Å². The van der Waals surface area contributed by atoms with Gasteiger partial charge in [-0.05, 0) is 43.9 Å². The molecule has 1 saturated heterocycles. The molecule has 1 unspecified atom stereocenters. The maximum atomic E-state index is 5.65. The first-order chi connectivity index (χ1) is 12.7. The van der Waals surface area contributed by atoms with Crippen LogP contribution in [0.3, 0.4) is 0 Å². The number of hydrogen-bond donors (Lipinski definition) is 1. The molecule has 0 bridgehead atoms. The van der Waals surface area contributed by atoms with Crippen molar-refractivity contribution in [3.63, 3.8) is 0 Å². The topological polar surface area (TPSA) is 55.3 Å². The molecule has 1 fully saturated rings. The molecule has 1 aromatic carbocycles. The molecule has 26 heavy (non-hydrogen) atoms. The van der Waals surface area contributed by atoms with E-state index in [1.807, 2.05) is 20.0 Å². The third-order valence-electron chi connectivity index (χ3n) is 4.65. The lowest BCUT2D eigenvalue weighted by molar-refractivity contribution is 0.157. The minimum Gasteiger partial charge on any atom is -0.493 e. The third kappa shape index (κ3) is 5.80. The van der Waals surface area contributed by atoms with Crippen LogP contribution in [0.15, 0.2) is 23.2 Å². The highest BCUT2D eigenvalue weighted by molar-refractivity contribution is 5.80. The van der Waals surface area contributed by atoms with Gasteiger partial charge in [0.25, 0.3) is 0 Å². The summed E-state index contributed by atoms with van der Waals surface area (Å²) in [5.74, 6) is 3.20. The molecule has 0 amide bonds. The minimum atomic E-state index is 0.606. The first kappa shape index (κ1) is 20.4. The molecule has 1 aliphatic heterocycles. The van der Waals surface area contributed by atoms with Gasteiger partial charge in [0.15, 0.2) is 17.5 Å². The summed E-state index contributed by atoms with van der Waals surface area (Å²) < 4.78 is 16.3. The molecule has 1 aliphatic rings. The Hall–Kier alpha value is -1.95. The Morgan fingerprint density at radius 3 is 2.85 bits per heavy atom. The summed E-state index contributed by atoms with van der Waals surface area (Å²) in [5.41, 5.74) is 1.26. The monoisotopic (exact) mass is 363 g/mol. The number of benzene rings is 1. The highest BCUT2D eigenvalue weighted by Crippen LogP contribution is 2.28. The Labute approximate surface area is 157 Å². The van der Waals surface area contributed by atoms with Crippen LogP contribution >= 0.6 is 0 Å². The zero-order valence-corrected chi connectivity index (χ0v) is 16.6. The number of rotatable bonds is 9. The van der Waals surface area contributed by atoms with Crippen LogP contribution in [0.5, 0.6) is 11.5 Å². The maximum absolute atomic E-state index is 5.65. The summed E-state index contributed by atoms with van der Waals surface area (Å²) in [5, 5.41) is 3.49. The Morgan fingerprint density at radius 1 is 1.31 bits per heavy atom. The van der Waals surface area contributed by atoms with E-state index in [0.717, 1.165) is 56.5 Å². The van der Waals surface area contributed by atoms with Gasteiger partial charge in [0.2, 0.25) is 0 Å². The summed E-state index contributed by atoms with van der Waals surface area (Å²) in [6.45, 7) is 6.41. The predicted molar refractivity (Wildman–Crippen MR) is 105 cm³/mol. The largest absolute Gasteiger partial charge is 0.493 e. The lowest BCUT2D eigenvalue weighted by atomic mass is 10.1. The zero-order chi connectivity index (χ0) is 18.8. The van der Waals surface area contributed by atoms with E-state index in [-0.39, 0.29) is 0 Å². The van der Waals surface area contributed by atoms with E-state index in [1.54, 1.807) is 14.2 Å². The zero-order valence-electron chi connectivity index (χ0n) is 16.6. The Balaban J connectivity index is 1.78. The molecule has 1 heterocycles. The van der Waals surface area contributed by atoms with Gasteiger partial charge in [-0.15, -0.1) is 0 Å². The molecule has 0 radical (unpaired) electrons. The molecule has 1 atom stereocenters. The summed E-state index contributed by atoms with van der Waals surface area (Å²) in [6, 6.07) is 6.16. The number of nitrogens with zero attached hydrogens (tertiary/aromatic N) is 2. The van der Waals surface area contributed by atoms with Crippen molar-refractivity contribution in [1.29, 1.82) is 0 Å². The first-order valence-corrected chi connectivity index (χ1v) is 9.46. The fraction of sp³-hybridized carbons (Fsp3) is 0.650. The van der Waals surface area contributed by atoms with Crippen molar-refractivity contribution in [2.75, 3.05) is 54.1 Å². The van der Waals surface area contributed by atoms with Crippen LogP contribution in [-0.2, 0) is 11.2 Å². The second kappa shape index (κ2) is 10.9. The van der Waals surface area contributed by atoms with Gasteiger partial charge < -0.3 is 24.4 Å². The summed E-state index contributed by atoms with van der Waals surface area (Å²) in [4.78, 5) is 6.75. The molecule has 0 aromatic heterocycles. The van der Waals surface area contributed by atoms with Crippen molar-refractivity contribution in [3.05, 3.63) is 23.8 Å². The normalized spacial score (nSPS) is 17.5. The molecule has 1 aromatic rings. The van der Waals surface area contributed by atoms with Crippen molar-refractivity contribution in [1.82, 2.24) is 10.2 Å². The van der Waals surface area contributed by atoms with Crippen LogP contribution in [0.1, 0.15) is 25.3 Å². The minimum absolute atomic E-state index is 0.606. The van der Waals surface area contributed by atoms with Crippen LogP contribution < -0.4 is 14.8 Å². The average Bonchev–Trinajstić information content (AvgIpc) is 3.11. The summed E-state index contributed by atoms with van der Waals surface area (Å²) in [6.07, 6.45) is 3.19. The molecule has 146 valence electrons. The number of hydrogen-bond acceptors (Lipinski definition) is 4. The smallest absolute Gasteiger partial charge is 0.193 e. The molecular weight excluding hydrogens is 330 g/mol. The van der Waals surface area contributed by atoms with E-state index in [2.05, 4.69) is 27.3 Å². The fourth-order valence-corrected chi connectivity index (χ4v) is 3.37. The van der Waals surface area contributed by atoms with Gasteiger partial charge in [-0.25, -0.2) is 0 Å². The summed E-state index contributed by atoms with van der Waals surface area (Å²) in [7, 11) is 5.29. The van der Waals surface area contributed by atoms with Crippen LogP contribution in [0.2, 0.25) is 0 Å². The molecule has 0 aliphatic carbocycles. The Kier molecular flexibility index (Phi) is 8.54. The Bertz CT molecular complexity index is 577. The standard InChI is InChI=1S/C20H33N3O3/c1-5-26-19-13-16(8-9-18(19)25-4)7-6-11-22-20(21-2)23-12-10-17(14-23)15-24-3/h8-9,13,17H,5-7,10-12,14-15H2,1-4H3,(H,21,22). The van der Waals surface area contributed by atoms with Crippen molar-refractivity contribution in [3.8, 4) is 11.5 Å². The number of methoxy groups -OCH3 is 2. The van der Waals surface area contributed by atoms with E-state index in [9.17, 15) is 0 Å². The van der Waals surface area contributed by atoms with Crippen molar-refractivity contribution in [2.24, 2.45) is 10.9 Å². The number of ether oxygens (including phenoxy) is 3. The Morgan fingerprint density at radius 2 is 2.15 bits per heavy atom. The fourth-order valence-electron chi connectivity index (χ4n) is 3.37. The average molecular weight is 364 g/mol. The van der Waals surface area contributed by atoms with Crippen molar-refractivity contribution in [2.45, 2.75) is 26.2 Å². The van der Waals surface area contributed by atoms with Gasteiger partial charge in [-0.2, -0.15) is 0 Å². The van der Waals surface area contributed by atoms with Crippen LogP contribution in [0.4, 0.5) is 0 Å². The summed E-state index contributed by atoms with van der Waals surface area (Å²) >= 11 is 0. The predicted octanol–water partition coefficient (Wildman–Crippen LogP) is 2.57. The number of nitrogens with one attached hydrogen (secondary N) is 1. The third-order valence-corrected chi connectivity index (χ3v) is 4.65. The number of likely N-dealkylation sites (tertiary alicyclic amines) is 1. The SMILES string of the molecule is CCOc1cc(CCCNC(=NC)N2CCC(COC)C2)ccc1OC. The maximum Gasteiger partial charge on any atom is 0.193 e. The lowest BCUT2D eigenvalue weighted by Gasteiger charge is -2.21. The number of aryl methyl sites for hydroxylation is 1. The lowest BCUT2D eigenvalue weighted by Crippen LogP contribution is -2.40. The van der Waals surface area contributed by atoms with Crippen LogP contribution in [-0.4, -0.2) is 65.0 Å². The first-order valence-electron chi connectivity index (χ1n) is 9.46. The molecule has 0 spiro atoms. The van der Waals surface area contributed by atoms with Gasteiger partial charge in [-0.3, -0.25) is 4.99 Å². The highest BCUT2D eigenvalue weighted by Gasteiger charge is 2.24. The van der Waals surface area contributed by atoms with Crippen molar-refractivity contribution >= 4 is 5.96 Å². The highest BCUT2D eigenvalue weighted by atomic mass is 16.5. The van der Waals surface area contributed by atoms with Gasteiger partial charge in [0.05, 0.1) is 20.3 Å². The van der Waals surface area contributed by atoms with Gasteiger partial charge in [0, 0.05) is 39.7 Å². The van der Waals surface area contributed by atoms with Gasteiger partial charge >= 0.3 is 0 Å². The second-order valence-corrected chi connectivity index (χ2v) is 6.55. The van der Waals surface area contributed by atoms with E-state index in [0.29, 0.717) is 12.5 Å². The van der Waals surface area contributed by atoms with E-state index >= 15 is 0 Å². The van der Waals surface area contributed by atoms with Gasteiger partial charge in [-0.1, -0.05) is 6.07 Å². The number of guanidine groups is 1. The van der Waals surface area contributed by atoms with E-state index in [1.165, 1.54) is 12.0 Å². The molecule has 6 heteroatoms. The number of aliphatic imine (C=N–C) groups is 1. The quantitative estimate of drug-likeness (QED) is 0.415. The second-order valence-electron chi connectivity index (χ2n) is 6.55. The molecule has 1 N–H and O–H groups in total. The molecule has 0 saturated carbocycles. The van der Waals surface area contributed by atoms with Gasteiger partial charge in [0.1, 0.15) is 0 Å². The van der Waals surface area contributed by atoms with E-state index < -0.39 is 0 Å². The molecular formula is C20H33N3O3. The molecule has 6 nitrogen and oxygen atoms in total. The van der Waals surface area contributed by atoms with Crippen LogP contribution in [0, 0.1) is 5.92 Å². The molecule has 2 rings (SSSR count).